The Hall–Kier alpha value is -4.07. The predicted octanol–water partition coefficient (Wildman–Crippen LogP) is 6.07. The second-order valence-corrected chi connectivity index (χ2v) is 11.5. The molecular weight excluding hydrogens is 548 g/mol. The molecule has 2 aliphatic heterocycles. The van der Waals surface area contributed by atoms with Crippen molar-refractivity contribution >= 4 is 34.2 Å². The third kappa shape index (κ3) is 6.53. The summed E-state index contributed by atoms with van der Waals surface area (Å²) in [5.41, 5.74) is 4.97. The number of amides is 1. The molecule has 8 heteroatoms. The first-order valence-corrected chi connectivity index (χ1v) is 15.0. The number of carbonyl (C=O) groups excluding carboxylic acids is 2. The van der Waals surface area contributed by atoms with Gasteiger partial charge >= 0.3 is 0 Å². The molecule has 0 atom stereocenters. The highest BCUT2D eigenvalue weighted by Crippen LogP contribution is 2.32. The van der Waals surface area contributed by atoms with Crippen LogP contribution in [0.5, 0.6) is 0 Å². The number of H-pyrrole nitrogens is 1. The Balaban J connectivity index is 1.02. The number of rotatable bonds is 9. The van der Waals surface area contributed by atoms with Crippen molar-refractivity contribution in [2.75, 3.05) is 32.7 Å². The Labute approximate surface area is 251 Å². The lowest BCUT2D eigenvalue weighted by Crippen LogP contribution is -2.38. The van der Waals surface area contributed by atoms with Crippen molar-refractivity contribution in [1.29, 1.82) is 0 Å². The highest BCUT2D eigenvalue weighted by molar-refractivity contribution is 6.31. The van der Waals surface area contributed by atoms with Gasteiger partial charge in [-0.3, -0.25) is 9.59 Å². The van der Waals surface area contributed by atoms with Crippen molar-refractivity contribution in [2.24, 2.45) is 0 Å². The van der Waals surface area contributed by atoms with Crippen LogP contribution in [0, 0.1) is 0 Å². The Morgan fingerprint density at radius 3 is 2.83 bits per heavy atom. The van der Waals surface area contributed by atoms with E-state index in [9.17, 15) is 9.59 Å². The minimum Gasteiger partial charge on any atom is -0.462 e. The molecule has 0 spiro atoms. The number of likely N-dealkylation sites (tertiary alicyclic amines) is 1. The summed E-state index contributed by atoms with van der Waals surface area (Å²) in [7, 11) is 0. The summed E-state index contributed by atoms with van der Waals surface area (Å²) in [5, 5.41) is 4.90. The van der Waals surface area contributed by atoms with Crippen LogP contribution in [0.4, 0.5) is 0 Å². The van der Waals surface area contributed by atoms with Gasteiger partial charge < -0.3 is 24.8 Å². The van der Waals surface area contributed by atoms with E-state index < -0.39 is 0 Å². The number of nitrogens with zero attached hydrogens (tertiary/aromatic N) is 2. The van der Waals surface area contributed by atoms with E-state index in [1.54, 1.807) is 18.4 Å². The van der Waals surface area contributed by atoms with Gasteiger partial charge in [-0.1, -0.05) is 48.0 Å². The Kier molecular flexibility index (Phi) is 8.58. The summed E-state index contributed by atoms with van der Waals surface area (Å²) in [6, 6.07) is 13.9. The number of ether oxygens (including phenoxy) is 1. The maximum absolute atomic E-state index is 13.3. The van der Waals surface area contributed by atoms with Gasteiger partial charge in [0.15, 0.2) is 5.78 Å². The number of benzene rings is 2. The number of allylic oxidation sites excluding steroid dienone is 4. The molecule has 0 radical (unpaired) electrons. The Morgan fingerprint density at radius 2 is 1.98 bits per heavy atom. The predicted molar refractivity (Wildman–Crippen MR) is 166 cm³/mol. The molecule has 0 unspecified atom stereocenters. The number of hydrogen-bond donors (Lipinski definition) is 2. The monoisotopic (exact) mass is 582 g/mol. The number of aromatic nitrogens is 1. The van der Waals surface area contributed by atoms with E-state index in [0.29, 0.717) is 29.5 Å². The van der Waals surface area contributed by atoms with Crippen LogP contribution in [0.3, 0.4) is 0 Å². The van der Waals surface area contributed by atoms with Gasteiger partial charge in [-0.2, -0.15) is 0 Å². The molecule has 6 rings (SSSR count). The van der Waals surface area contributed by atoms with Crippen molar-refractivity contribution in [1.82, 2.24) is 20.1 Å². The standard InChI is InChI=1S/C34H35ClN4O3/c35-27-8-9-29(31(21-27)34(41)36-13-10-26-22-37-32-7-2-1-6-30(26)32)24-11-14-38(15-12-24)16-17-39-18-19-42-33(23-39)25-4-3-5-28(40)20-25/h1-9,18-19,21-24,37H,10-17,20H2,(H,36,41). The highest BCUT2D eigenvalue weighted by Gasteiger charge is 2.25. The number of para-hydroxylation sites is 1. The molecule has 3 aromatic rings. The Morgan fingerprint density at radius 1 is 1.12 bits per heavy atom. The number of carbonyl (C=O) groups is 2. The topological polar surface area (TPSA) is 77.7 Å². The molecule has 1 fully saturated rings. The molecule has 1 amide bonds. The molecule has 3 aliphatic rings. The summed E-state index contributed by atoms with van der Waals surface area (Å²) in [6.45, 7) is 4.23. The summed E-state index contributed by atoms with van der Waals surface area (Å²) < 4.78 is 5.68. The molecule has 7 nitrogen and oxygen atoms in total. The van der Waals surface area contributed by atoms with Gasteiger partial charge in [0.2, 0.25) is 0 Å². The maximum atomic E-state index is 13.3. The lowest BCUT2D eigenvalue weighted by atomic mass is 9.86. The number of piperidine rings is 1. The van der Waals surface area contributed by atoms with Crippen LogP contribution in [0.2, 0.25) is 5.02 Å². The molecule has 0 bridgehead atoms. The van der Waals surface area contributed by atoms with Crippen molar-refractivity contribution < 1.29 is 14.3 Å². The van der Waals surface area contributed by atoms with Crippen LogP contribution in [-0.4, -0.2) is 59.2 Å². The molecule has 2 N–H and O–H groups in total. The molecule has 2 aromatic carbocycles. The molecule has 1 saturated heterocycles. The molecule has 0 saturated carbocycles. The van der Waals surface area contributed by atoms with E-state index >= 15 is 0 Å². The molecule has 3 heterocycles. The van der Waals surface area contributed by atoms with E-state index in [-0.39, 0.29) is 11.7 Å². The summed E-state index contributed by atoms with van der Waals surface area (Å²) in [6.07, 6.45) is 16.0. The van der Waals surface area contributed by atoms with Gasteiger partial charge in [-0.05, 0) is 73.7 Å². The van der Waals surface area contributed by atoms with Crippen molar-refractivity contribution in [3.05, 3.63) is 119 Å². The van der Waals surface area contributed by atoms with Gasteiger partial charge in [0.25, 0.3) is 5.91 Å². The van der Waals surface area contributed by atoms with Crippen molar-refractivity contribution in [2.45, 2.75) is 31.6 Å². The SMILES string of the molecule is O=C1C=CC=C(C2=CN(CCN3CCC(c4ccc(Cl)cc4C(=O)NCCc4c[nH]c5ccccc45)CC3)C=CO2)C1. The summed E-state index contributed by atoms with van der Waals surface area (Å²) >= 11 is 6.35. The minimum absolute atomic E-state index is 0.0678. The number of halogens is 1. The number of nitrogens with one attached hydrogen (secondary N) is 2. The van der Waals surface area contributed by atoms with Crippen LogP contribution in [0.1, 0.15) is 46.7 Å². The van der Waals surface area contributed by atoms with Gasteiger partial charge in [0, 0.05) is 71.7 Å². The first kappa shape index (κ1) is 28.1. The fourth-order valence-electron chi connectivity index (χ4n) is 6.00. The van der Waals surface area contributed by atoms with Crippen LogP contribution < -0.4 is 5.32 Å². The van der Waals surface area contributed by atoms with Gasteiger partial charge in [0.1, 0.15) is 12.0 Å². The van der Waals surface area contributed by atoms with Crippen molar-refractivity contribution in [3.63, 3.8) is 0 Å². The lowest BCUT2D eigenvalue weighted by Gasteiger charge is -2.34. The largest absolute Gasteiger partial charge is 0.462 e. The smallest absolute Gasteiger partial charge is 0.251 e. The first-order chi connectivity index (χ1) is 20.5. The van der Waals surface area contributed by atoms with E-state index in [0.717, 1.165) is 67.9 Å². The maximum Gasteiger partial charge on any atom is 0.251 e. The average molecular weight is 583 g/mol. The molecule has 216 valence electrons. The van der Waals surface area contributed by atoms with Gasteiger partial charge in [-0.15, -0.1) is 0 Å². The van der Waals surface area contributed by atoms with Crippen molar-refractivity contribution in [3.8, 4) is 0 Å². The number of fused-ring (bicyclic) bond motifs is 1. The molecule has 1 aliphatic carbocycles. The fraction of sp³-hybridized carbons (Fsp3) is 0.294. The zero-order valence-electron chi connectivity index (χ0n) is 23.5. The molecular formula is C34H35ClN4O3. The van der Waals surface area contributed by atoms with E-state index in [4.69, 9.17) is 16.3 Å². The fourth-order valence-corrected chi connectivity index (χ4v) is 6.17. The lowest BCUT2D eigenvalue weighted by molar-refractivity contribution is -0.114. The third-order valence-corrected chi connectivity index (χ3v) is 8.54. The van der Waals surface area contributed by atoms with Gasteiger partial charge in [-0.25, -0.2) is 0 Å². The second-order valence-electron chi connectivity index (χ2n) is 11.0. The minimum atomic E-state index is -0.0678. The number of aromatic amines is 1. The summed E-state index contributed by atoms with van der Waals surface area (Å²) in [5.74, 6) is 1.06. The zero-order valence-corrected chi connectivity index (χ0v) is 24.3. The van der Waals surface area contributed by atoms with E-state index in [2.05, 4.69) is 32.2 Å². The number of ketones is 1. The van der Waals surface area contributed by atoms with E-state index in [1.807, 2.05) is 55.0 Å². The Bertz CT molecular complexity index is 1590. The quantitative estimate of drug-likeness (QED) is 0.320. The zero-order chi connectivity index (χ0) is 28.9. The van der Waals surface area contributed by atoms with Crippen LogP contribution in [0.25, 0.3) is 10.9 Å². The second kappa shape index (κ2) is 12.8. The average Bonchev–Trinajstić information content (AvgIpc) is 3.43. The summed E-state index contributed by atoms with van der Waals surface area (Å²) in [4.78, 5) is 33.0. The highest BCUT2D eigenvalue weighted by atomic mass is 35.5. The van der Waals surface area contributed by atoms with Crippen LogP contribution in [0.15, 0.2) is 96.9 Å². The number of hydrogen-bond acceptors (Lipinski definition) is 5. The third-order valence-electron chi connectivity index (χ3n) is 8.31. The van der Waals surface area contributed by atoms with Gasteiger partial charge in [0.05, 0.1) is 0 Å². The van der Waals surface area contributed by atoms with Crippen LogP contribution >= 0.6 is 11.6 Å². The first-order valence-electron chi connectivity index (χ1n) is 14.6. The molecule has 42 heavy (non-hydrogen) atoms. The molecule has 1 aromatic heterocycles. The normalized spacial score (nSPS) is 17.7. The van der Waals surface area contributed by atoms with Crippen LogP contribution in [-0.2, 0) is 16.0 Å². The van der Waals surface area contributed by atoms with E-state index in [1.165, 1.54) is 10.9 Å².